The van der Waals surface area contributed by atoms with Gasteiger partial charge in [0.15, 0.2) is 6.04 Å². The third kappa shape index (κ3) is 4.79. The number of nitrogens with zero attached hydrogens (tertiary/aromatic N) is 1. The number of carbonyl (C=O) groups excluding carboxylic acids is 3. The minimum atomic E-state index is -1.03. The van der Waals surface area contributed by atoms with Gasteiger partial charge in [-0.25, -0.2) is 4.79 Å². The number of hydrogen-bond acceptors (Lipinski definition) is 5. The Hall–Kier alpha value is -2.41. The van der Waals surface area contributed by atoms with Crippen LogP contribution in [0.3, 0.4) is 0 Å². The van der Waals surface area contributed by atoms with E-state index in [4.69, 9.17) is 9.57 Å². The Labute approximate surface area is 134 Å². The molecule has 0 aromatic heterocycles. The Bertz CT molecular complexity index is 594. The average Bonchev–Trinajstić information content (AvgIpc) is 2.77. The van der Waals surface area contributed by atoms with Gasteiger partial charge >= 0.3 is 6.09 Å². The fraction of sp³-hybridized carbons (Fsp3) is 0.438. The predicted molar refractivity (Wildman–Crippen MR) is 80.9 cm³/mol. The molecule has 0 bridgehead atoms. The monoisotopic (exact) mass is 320 g/mol. The van der Waals surface area contributed by atoms with E-state index < -0.39 is 29.6 Å². The van der Waals surface area contributed by atoms with Crippen LogP contribution in [0.4, 0.5) is 4.79 Å². The summed E-state index contributed by atoms with van der Waals surface area (Å²) in [7, 11) is 0. The number of ether oxygens (including phenoxy) is 1. The number of hydroxylamine groups is 2. The molecule has 1 saturated heterocycles. The van der Waals surface area contributed by atoms with Gasteiger partial charge in [0.1, 0.15) is 12.2 Å². The van der Waals surface area contributed by atoms with Gasteiger partial charge in [-0.3, -0.25) is 19.7 Å². The van der Waals surface area contributed by atoms with Crippen LogP contribution in [0, 0.1) is 0 Å². The van der Waals surface area contributed by atoms with E-state index in [-0.39, 0.29) is 13.0 Å². The number of benzene rings is 1. The molecule has 1 aliphatic rings. The van der Waals surface area contributed by atoms with Crippen molar-refractivity contribution in [3.05, 3.63) is 35.9 Å². The van der Waals surface area contributed by atoms with Gasteiger partial charge in [0, 0.05) is 0 Å². The lowest BCUT2D eigenvalue weighted by Crippen LogP contribution is -2.46. The van der Waals surface area contributed by atoms with E-state index in [2.05, 4.69) is 5.32 Å². The maximum absolute atomic E-state index is 12.3. The van der Waals surface area contributed by atoms with Crippen LogP contribution in [0.2, 0.25) is 0 Å². The number of carbonyl (C=O) groups is 3. The highest BCUT2D eigenvalue weighted by Gasteiger charge is 2.40. The molecular formula is C16H20N2O5. The molecule has 23 heavy (non-hydrogen) atoms. The minimum Gasteiger partial charge on any atom is -0.442 e. The molecule has 0 unspecified atom stereocenters. The Balaban J connectivity index is 2.12. The third-order valence-corrected chi connectivity index (χ3v) is 3.01. The molecule has 7 nitrogen and oxygen atoms in total. The molecule has 1 aliphatic heterocycles. The fourth-order valence-electron chi connectivity index (χ4n) is 2.02. The van der Waals surface area contributed by atoms with Gasteiger partial charge in [-0.2, -0.15) is 5.06 Å². The lowest BCUT2D eigenvalue weighted by molar-refractivity contribution is -0.182. The molecule has 0 spiro atoms. The van der Waals surface area contributed by atoms with Crippen molar-refractivity contribution in [1.29, 1.82) is 0 Å². The zero-order valence-corrected chi connectivity index (χ0v) is 13.4. The van der Waals surface area contributed by atoms with Crippen molar-refractivity contribution in [2.75, 3.05) is 0 Å². The topological polar surface area (TPSA) is 84.9 Å². The van der Waals surface area contributed by atoms with Gasteiger partial charge in [0.2, 0.25) is 5.91 Å². The number of rotatable bonds is 4. The Morgan fingerprint density at radius 3 is 2.43 bits per heavy atom. The maximum Gasteiger partial charge on any atom is 0.435 e. The quantitative estimate of drug-likeness (QED) is 0.675. The molecule has 1 heterocycles. The van der Waals surface area contributed by atoms with Crippen molar-refractivity contribution in [1.82, 2.24) is 10.4 Å². The second-order valence-corrected chi connectivity index (χ2v) is 6.20. The first-order valence-electron chi connectivity index (χ1n) is 7.29. The molecule has 3 amide bonds. The van der Waals surface area contributed by atoms with Gasteiger partial charge in [-0.1, -0.05) is 30.3 Å². The highest BCUT2D eigenvalue weighted by molar-refractivity contribution is 6.06. The van der Waals surface area contributed by atoms with Crippen molar-refractivity contribution in [2.24, 2.45) is 0 Å². The lowest BCUT2D eigenvalue weighted by atomic mass is 10.2. The Morgan fingerprint density at radius 1 is 1.26 bits per heavy atom. The summed E-state index contributed by atoms with van der Waals surface area (Å²) in [4.78, 5) is 41.0. The molecule has 2 rings (SSSR count). The SMILES string of the molecule is CC(C)(C)OC(=O)N(OCc1ccccc1)[C@H]1CC(=O)NC1=O. The summed E-state index contributed by atoms with van der Waals surface area (Å²) in [5.74, 6) is -1.02. The average molecular weight is 320 g/mol. The van der Waals surface area contributed by atoms with Gasteiger partial charge in [-0.15, -0.1) is 0 Å². The number of nitrogens with one attached hydrogen (secondary N) is 1. The predicted octanol–water partition coefficient (Wildman–Crippen LogP) is 1.77. The van der Waals surface area contributed by atoms with Crippen LogP contribution in [0.15, 0.2) is 30.3 Å². The summed E-state index contributed by atoms with van der Waals surface area (Å²) in [5, 5.41) is 3.00. The largest absolute Gasteiger partial charge is 0.442 e. The molecule has 1 aromatic rings. The van der Waals surface area contributed by atoms with Gasteiger partial charge in [0.05, 0.1) is 6.42 Å². The molecule has 1 N–H and O–H groups in total. The number of amides is 3. The summed E-state index contributed by atoms with van der Waals surface area (Å²) in [6, 6.07) is 8.16. The minimum absolute atomic E-state index is 0.0814. The van der Waals surface area contributed by atoms with E-state index in [0.717, 1.165) is 10.6 Å². The summed E-state index contributed by atoms with van der Waals surface area (Å²) in [6.45, 7) is 5.21. The van der Waals surface area contributed by atoms with Gasteiger partial charge < -0.3 is 4.74 Å². The van der Waals surface area contributed by atoms with Crippen LogP contribution in [0.1, 0.15) is 32.8 Å². The molecule has 0 aliphatic carbocycles. The highest BCUT2D eigenvalue weighted by Crippen LogP contribution is 2.18. The molecular weight excluding hydrogens is 300 g/mol. The van der Waals surface area contributed by atoms with Crippen molar-refractivity contribution in [3.63, 3.8) is 0 Å². The van der Waals surface area contributed by atoms with Gasteiger partial charge in [0.25, 0.3) is 5.91 Å². The Kier molecular flexibility index (Phi) is 5.00. The first-order valence-corrected chi connectivity index (χ1v) is 7.29. The van der Waals surface area contributed by atoms with Crippen molar-refractivity contribution < 1.29 is 24.0 Å². The van der Waals surface area contributed by atoms with Crippen LogP contribution in [-0.4, -0.2) is 34.6 Å². The second kappa shape index (κ2) is 6.78. The van der Waals surface area contributed by atoms with Crippen molar-refractivity contribution in [3.8, 4) is 0 Å². The summed E-state index contributed by atoms with van der Waals surface area (Å²) in [6.07, 6.45) is -0.948. The second-order valence-electron chi connectivity index (χ2n) is 6.20. The van der Waals surface area contributed by atoms with Crippen LogP contribution < -0.4 is 5.32 Å². The lowest BCUT2D eigenvalue weighted by Gasteiger charge is -2.29. The van der Waals surface area contributed by atoms with E-state index in [1.165, 1.54) is 0 Å². The van der Waals surface area contributed by atoms with Crippen molar-refractivity contribution >= 4 is 17.9 Å². The molecule has 1 atom stereocenters. The summed E-state index contributed by atoms with van der Waals surface area (Å²) < 4.78 is 5.25. The van der Waals surface area contributed by atoms with E-state index in [0.29, 0.717) is 0 Å². The summed E-state index contributed by atoms with van der Waals surface area (Å²) >= 11 is 0. The molecule has 0 radical (unpaired) electrons. The maximum atomic E-state index is 12.3. The van der Waals surface area contributed by atoms with E-state index in [9.17, 15) is 14.4 Å². The molecule has 1 fully saturated rings. The number of hydrogen-bond donors (Lipinski definition) is 1. The standard InChI is InChI=1S/C16H20N2O5/c1-16(2,3)23-15(21)18(12-9-13(19)17-14(12)20)22-10-11-7-5-4-6-8-11/h4-8,12H,9-10H2,1-3H3,(H,17,19,20)/t12-/m0/s1. The first kappa shape index (κ1) is 17.0. The third-order valence-electron chi connectivity index (χ3n) is 3.01. The molecule has 0 saturated carbocycles. The van der Waals surface area contributed by atoms with Crippen LogP contribution in [0.5, 0.6) is 0 Å². The molecule has 1 aromatic carbocycles. The number of imide groups is 1. The normalized spacial score (nSPS) is 17.8. The zero-order valence-electron chi connectivity index (χ0n) is 13.4. The van der Waals surface area contributed by atoms with E-state index in [1.54, 1.807) is 20.8 Å². The first-order chi connectivity index (χ1) is 10.8. The summed E-state index contributed by atoms with van der Waals surface area (Å²) in [5.41, 5.74) is 0.0793. The van der Waals surface area contributed by atoms with E-state index >= 15 is 0 Å². The van der Waals surface area contributed by atoms with Crippen molar-refractivity contribution in [2.45, 2.75) is 45.4 Å². The van der Waals surface area contributed by atoms with Gasteiger partial charge in [-0.05, 0) is 26.3 Å². The smallest absolute Gasteiger partial charge is 0.435 e. The highest BCUT2D eigenvalue weighted by atomic mass is 16.7. The zero-order chi connectivity index (χ0) is 17.0. The van der Waals surface area contributed by atoms with Crippen LogP contribution >= 0.6 is 0 Å². The van der Waals surface area contributed by atoms with Crippen LogP contribution in [0.25, 0.3) is 0 Å². The molecule has 7 heteroatoms. The Morgan fingerprint density at radius 2 is 1.91 bits per heavy atom. The van der Waals surface area contributed by atoms with Crippen LogP contribution in [-0.2, 0) is 25.8 Å². The molecule has 124 valence electrons. The van der Waals surface area contributed by atoms with E-state index in [1.807, 2.05) is 30.3 Å². The fourth-order valence-corrected chi connectivity index (χ4v) is 2.02.